The van der Waals surface area contributed by atoms with E-state index >= 15 is 0 Å². The van der Waals surface area contributed by atoms with Crippen molar-refractivity contribution in [2.24, 2.45) is 5.73 Å². The standard InChI is InChI=1S/C8H11N3O2/c9-6-4-7(12)11-8(10-6)5-2-1-3-13-5/h1-3,6,8,10H,4,9H2,(H,11,12). The number of furan rings is 1. The highest BCUT2D eigenvalue weighted by Gasteiger charge is 2.25. The van der Waals surface area contributed by atoms with Crippen LogP contribution in [-0.2, 0) is 4.79 Å². The van der Waals surface area contributed by atoms with Crippen LogP contribution in [0.3, 0.4) is 0 Å². The maximum Gasteiger partial charge on any atom is 0.224 e. The first-order valence-corrected chi connectivity index (χ1v) is 4.10. The van der Waals surface area contributed by atoms with Crippen molar-refractivity contribution in [1.82, 2.24) is 10.6 Å². The van der Waals surface area contributed by atoms with Gasteiger partial charge in [-0.1, -0.05) is 0 Å². The zero-order valence-electron chi connectivity index (χ0n) is 6.99. The highest BCUT2D eigenvalue weighted by Crippen LogP contribution is 2.14. The van der Waals surface area contributed by atoms with E-state index in [4.69, 9.17) is 10.2 Å². The summed E-state index contributed by atoms with van der Waals surface area (Å²) in [7, 11) is 0. The van der Waals surface area contributed by atoms with Gasteiger partial charge in [-0.15, -0.1) is 0 Å². The molecule has 2 unspecified atom stereocenters. The average Bonchev–Trinajstić information content (AvgIpc) is 2.53. The van der Waals surface area contributed by atoms with Crippen LogP contribution in [-0.4, -0.2) is 12.1 Å². The molecule has 1 aliphatic rings. The number of hydrogen-bond donors (Lipinski definition) is 3. The predicted octanol–water partition coefficient (Wildman–Crippen LogP) is -0.328. The van der Waals surface area contributed by atoms with E-state index in [2.05, 4.69) is 10.6 Å². The van der Waals surface area contributed by atoms with Crippen LogP contribution >= 0.6 is 0 Å². The second kappa shape index (κ2) is 3.20. The normalized spacial score (nSPS) is 28.5. The van der Waals surface area contributed by atoms with E-state index in [-0.39, 0.29) is 18.2 Å². The average molecular weight is 181 g/mol. The lowest BCUT2D eigenvalue weighted by Gasteiger charge is -2.27. The maximum absolute atomic E-state index is 11.1. The number of nitrogens with one attached hydrogen (secondary N) is 2. The number of carbonyl (C=O) groups is 1. The first-order valence-electron chi connectivity index (χ1n) is 4.10. The largest absolute Gasteiger partial charge is 0.466 e. The van der Waals surface area contributed by atoms with E-state index in [1.54, 1.807) is 18.4 Å². The molecule has 1 aromatic rings. The fourth-order valence-corrected chi connectivity index (χ4v) is 1.34. The van der Waals surface area contributed by atoms with Crippen molar-refractivity contribution in [2.45, 2.75) is 18.8 Å². The molecule has 0 radical (unpaired) electrons. The van der Waals surface area contributed by atoms with Crippen LogP contribution in [0.5, 0.6) is 0 Å². The van der Waals surface area contributed by atoms with Crippen molar-refractivity contribution in [3.05, 3.63) is 24.2 Å². The van der Waals surface area contributed by atoms with Gasteiger partial charge in [-0.3, -0.25) is 10.1 Å². The van der Waals surface area contributed by atoms with Crippen LogP contribution in [0.4, 0.5) is 0 Å². The Balaban J connectivity index is 2.12. The van der Waals surface area contributed by atoms with Crippen molar-refractivity contribution in [1.29, 1.82) is 0 Å². The molecule has 4 N–H and O–H groups in total. The highest BCUT2D eigenvalue weighted by atomic mass is 16.3. The first-order chi connectivity index (χ1) is 6.25. The summed E-state index contributed by atoms with van der Waals surface area (Å²) in [5.41, 5.74) is 5.61. The summed E-state index contributed by atoms with van der Waals surface area (Å²) < 4.78 is 5.14. The van der Waals surface area contributed by atoms with Gasteiger partial charge in [0.1, 0.15) is 11.9 Å². The number of carbonyl (C=O) groups excluding carboxylic acids is 1. The summed E-state index contributed by atoms with van der Waals surface area (Å²) in [5.74, 6) is 0.608. The van der Waals surface area contributed by atoms with Crippen molar-refractivity contribution >= 4 is 5.91 Å². The highest BCUT2D eigenvalue weighted by molar-refractivity contribution is 5.77. The fourth-order valence-electron chi connectivity index (χ4n) is 1.34. The predicted molar refractivity (Wildman–Crippen MR) is 45.3 cm³/mol. The summed E-state index contributed by atoms with van der Waals surface area (Å²) in [5, 5.41) is 5.73. The topological polar surface area (TPSA) is 80.3 Å². The smallest absolute Gasteiger partial charge is 0.224 e. The number of hydrogen-bond acceptors (Lipinski definition) is 4. The molecule has 1 aromatic heterocycles. The third kappa shape index (κ3) is 1.71. The Bertz CT molecular complexity index is 296. The van der Waals surface area contributed by atoms with Crippen LogP contribution in [0, 0.1) is 0 Å². The van der Waals surface area contributed by atoms with Gasteiger partial charge in [0.15, 0.2) is 0 Å². The van der Waals surface area contributed by atoms with Crippen molar-refractivity contribution in [2.75, 3.05) is 0 Å². The minimum absolute atomic E-state index is 0.0624. The lowest BCUT2D eigenvalue weighted by atomic mass is 10.2. The van der Waals surface area contributed by atoms with Crippen molar-refractivity contribution in [3.8, 4) is 0 Å². The van der Waals surface area contributed by atoms with Crippen LogP contribution in [0.2, 0.25) is 0 Å². The fraction of sp³-hybridized carbons (Fsp3) is 0.375. The molecular formula is C8H11N3O2. The second-order valence-corrected chi connectivity index (χ2v) is 2.99. The molecule has 2 heterocycles. The Morgan fingerprint density at radius 2 is 2.46 bits per heavy atom. The van der Waals surface area contributed by atoms with E-state index in [1.165, 1.54) is 0 Å². The number of rotatable bonds is 1. The second-order valence-electron chi connectivity index (χ2n) is 2.99. The number of amides is 1. The third-order valence-electron chi connectivity index (χ3n) is 1.92. The Kier molecular flexibility index (Phi) is 2.03. The molecule has 1 fully saturated rings. The van der Waals surface area contributed by atoms with E-state index in [0.717, 1.165) is 0 Å². The van der Waals surface area contributed by atoms with E-state index in [9.17, 15) is 4.79 Å². The van der Waals surface area contributed by atoms with Crippen LogP contribution in [0.1, 0.15) is 18.3 Å². The molecule has 70 valence electrons. The van der Waals surface area contributed by atoms with Crippen molar-refractivity contribution < 1.29 is 9.21 Å². The summed E-state index contributed by atoms with van der Waals surface area (Å²) in [4.78, 5) is 11.1. The molecule has 5 heteroatoms. The summed E-state index contributed by atoms with van der Waals surface area (Å²) in [6, 6.07) is 3.55. The maximum atomic E-state index is 11.1. The van der Waals surface area contributed by atoms with E-state index in [0.29, 0.717) is 12.2 Å². The van der Waals surface area contributed by atoms with Gasteiger partial charge < -0.3 is 15.5 Å². The van der Waals surface area contributed by atoms with Crippen LogP contribution in [0.25, 0.3) is 0 Å². The molecule has 0 aliphatic carbocycles. The van der Waals surface area contributed by atoms with Crippen molar-refractivity contribution in [3.63, 3.8) is 0 Å². The van der Waals surface area contributed by atoms with Gasteiger partial charge in [-0.2, -0.15) is 0 Å². The van der Waals surface area contributed by atoms with Crippen LogP contribution in [0.15, 0.2) is 22.8 Å². The SMILES string of the molecule is NC1CC(=O)NC(c2ccco2)N1. The molecule has 0 bridgehead atoms. The molecule has 2 rings (SSSR count). The van der Waals surface area contributed by atoms with Gasteiger partial charge in [0.05, 0.1) is 18.8 Å². The molecule has 0 aromatic carbocycles. The molecule has 5 nitrogen and oxygen atoms in total. The Labute approximate surface area is 75.3 Å². The minimum atomic E-state index is -0.302. The van der Waals surface area contributed by atoms with Gasteiger partial charge in [0.25, 0.3) is 0 Å². The lowest BCUT2D eigenvalue weighted by Crippen LogP contribution is -2.54. The summed E-state index contributed by atoms with van der Waals surface area (Å²) in [6.45, 7) is 0. The molecule has 1 saturated heterocycles. The number of nitrogens with two attached hydrogens (primary N) is 1. The van der Waals surface area contributed by atoms with Gasteiger partial charge >= 0.3 is 0 Å². The Morgan fingerprint density at radius 3 is 3.08 bits per heavy atom. The zero-order valence-corrected chi connectivity index (χ0v) is 6.99. The molecular weight excluding hydrogens is 170 g/mol. The van der Waals surface area contributed by atoms with Gasteiger partial charge in [-0.25, -0.2) is 0 Å². The van der Waals surface area contributed by atoms with Crippen LogP contribution < -0.4 is 16.4 Å². The zero-order chi connectivity index (χ0) is 9.26. The van der Waals surface area contributed by atoms with E-state index in [1.807, 2.05) is 0 Å². The lowest BCUT2D eigenvalue weighted by molar-refractivity contribution is -0.124. The molecule has 0 saturated carbocycles. The Morgan fingerprint density at radius 1 is 1.62 bits per heavy atom. The molecule has 1 aliphatic heterocycles. The summed E-state index contributed by atoms with van der Waals surface area (Å²) in [6.07, 6.45) is 1.26. The molecule has 0 spiro atoms. The van der Waals surface area contributed by atoms with E-state index < -0.39 is 0 Å². The van der Waals surface area contributed by atoms with Gasteiger partial charge in [0.2, 0.25) is 5.91 Å². The van der Waals surface area contributed by atoms with Gasteiger partial charge in [-0.05, 0) is 12.1 Å². The summed E-state index contributed by atoms with van der Waals surface area (Å²) >= 11 is 0. The molecule has 13 heavy (non-hydrogen) atoms. The minimum Gasteiger partial charge on any atom is -0.466 e. The molecule has 2 atom stereocenters. The Hall–Kier alpha value is -1.33. The third-order valence-corrected chi connectivity index (χ3v) is 1.92. The molecule has 1 amide bonds. The quantitative estimate of drug-likeness (QED) is 0.554. The first kappa shape index (κ1) is 8.28. The monoisotopic (exact) mass is 181 g/mol. The van der Waals surface area contributed by atoms with Gasteiger partial charge in [0, 0.05) is 0 Å².